The summed E-state index contributed by atoms with van der Waals surface area (Å²) < 4.78 is 5.85. The van der Waals surface area contributed by atoms with E-state index in [0.29, 0.717) is 63.5 Å². The molecule has 3 aliphatic rings. The molecule has 3 saturated heterocycles. The molecule has 3 aromatic heterocycles. The third kappa shape index (κ3) is 28.9. The van der Waals surface area contributed by atoms with Gasteiger partial charge in [0.2, 0.25) is 100 Å². The number of aromatic nitrogens is 4. The number of nitrogens with zero attached hydrogens (tertiary/aromatic N) is 6. The number of carbonyl (C=O) groups excluding carboxylic acids is 17. The minimum atomic E-state index is -1.76. The Bertz CT molecular complexity index is 5180. The van der Waals surface area contributed by atoms with Crippen molar-refractivity contribution in [1.82, 2.24) is 103 Å². The van der Waals surface area contributed by atoms with E-state index in [1.54, 1.807) is 63.5 Å². The summed E-state index contributed by atoms with van der Waals surface area (Å²) in [5.41, 5.74) is 20.1. The summed E-state index contributed by atoms with van der Waals surface area (Å²) in [7, 11) is 3.89. The predicted molar refractivity (Wildman–Crippen MR) is 494 cm³/mol. The smallest absolute Gasteiger partial charge is 0.246 e. The van der Waals surface area contributed by atoms with E-state index in [1.807, 2.05) is 25.1 Å². The number of aromatic amines is 3. The van der Waals surface area contributed by atoms with Gasteiger partial charge in [0.05, 0.1) is 31.7 Å². The number of phenols is 1. The van der Waals surface area contributed by atoms with Gasteiger partial charge in [-0.15, -0.1) is 11.8 Å². The third-order valence-electron chi connectivity index (χ3n) is 23.9. The van der Waals surface area contributed by atoms with Gasteiger partial charge in [-0.1, -0.05) is 82.1 Å². The lowest BCUT2D eigenvalue weighted by molar-refractivity contribution is -0.150. The number of likely N-dealkylation sites (N-methyl/N-ethyl adjacent to an activating group) is 3. The number of benzene rings is 3. The zero-order valence-electron chi connectivity index (χ0n) is 76.8. The minimum absolute atomic E-state index is 0.000219. The van der Waals surface area contributed by atoms with Crippen LogP contribution in [0.1, 0.15) is 135 Å². The van der Waals surface area contributed by atoms with Crippen molar-refractivity contribution in [3.63, 3.8) is 0 Å². The molecule has 14 atom stereocenters. The summed E-state index contributed by atoms with van der Waals surface area (Å²) in [5.74, 6) is -17.0. The fourth-order valence-corrected chi connectivity index (χ4v) is 17.3. The molecule has 3 aromatic carbocycles. The maximum Gasteiger partial charge on any atom is 0.246 e. The number of primary amides is 2. The Morgan fingerprint density at radius 3 is 1.66 bits per heavy atom. The summed E-state index contributed by atoms with van der Waals surface area (Å²) in [5, 5.41) is 48.9. The second-order valence-electron chi connectivity index (χ2n) is 34.3. The molecule has 3 aliphatic heterocycles. The molecule has 22 N–H and O–H groups in total. The van der Waals surface area contributed by atoms with E-state index in [-0.39, 0.29) is 109 Å². The van der Waals surface area contributed by atoms with E-state index >= 15 is 38.4 Å². The number of imidazole rings is 1. The molecule has 44 heteroatoms. The lowest BCUT2D eigenvalue weighted by Gasteiger charge is -2.36. The van der Waals surface area contributed by atoms with Crippen LogP contribution in [0.3, 0.4) is 0 Å². The van der Waals surface area contributed by atoms with Gasteiger partial charge in [-0.2, -0.15) is 0 Å². The molecule has 0 radical (unpaired) electrons. The predicted octanol–water partition coefficient (Wildman–Crippen LogP) is -2.03. The molecule has 0 spiro atoms. The van der Waals surface area contributed by atoms with Crippen LogP contribution in [0.25, 0.3) is 21.8 Å². The first-order chi connectivity index (χ1) is 63.9. The van der Waals surface area contributed by atoms with Crippen LogP contribution in [0, 0.1) is 11.3 Å². The van der Waals surface area contributed by atoms with Crippen molar-refractivity contribution in [1.29, 1.82) is 5.41 Å². The monoisotopic (exact) mass is 1880 g/mol. The number of guanidine groups is 1. The van der Waals surface area contributed by atoms with Crippen LogP contribution in [0.15, 0.2) is 97.7 Å². The number of nitrogens with two attached hydrogens (primary N) is 3. The van der Waals surface area contributed by atoms with Gasteiger partial charge in [0.25, 0.3) is 0 Å². The molecule has 3 fully saturated rings. The van der Waals surface area contributed by atoms with Crippen LogP contribution < -0.4 is 75.7 Å². The molecule has 0 bridgehead atoms. The molecule has 134 heavy (non-hydrogen) atoms. The van der Waals surface area contributed by atoms with E-state index in [2.05, 4.69) is 78.4 Å². The van der Waals surface area contributed by atoms with Crippen molar-refractivity contribution in [3.8, 4) is 5.75 Å². The van der Waals surface area contributed by atoms with Gasteiger partial charge in [-0.05, 0) is 119 Å². The van der Waals surface area contributed by atoms with Crippen LogP contribution in [0.2, 0.25) is 0 Å². The van der Waals surface area contributed by atoms with Crippen LogP contribution >= 0.6 is 11.8 Å². The molecule has 6 heterocycles. The maximum absolute atomic E-state index is 15.7. The number of ether oxygens (including phenoxy) is 1. The van der Waals surface area contributed by atoms with Crippen molar-refractivity contribution in [3.05, 3.63) is 120 Å². The number of aromatic hydroxyl groups is 1. The Kier molecular flexibility index (Phi) is 38.6. The molecule has 17 amide bonds. The lowest BCUT2D eigenvalue weighted by atomic mass is 10.0. The minimum Gasteiger partial charge on any atom is -0.508 e. The zero-order valence-corrected chi connectivity index (χ0v) is 77.6. The second-order valence-corrected chi connectivity index (χ2v) is 35.3. The number of rotatable bonds is 25. The number of fused-ring (bicyclic) bond motifs is 4. The summed E-state index contributed by atoms with van der Waals surface area (Å²) in [6.45, 7) is 8.45. The summed E-state index contributed by atoms with van der Waals surface area (Å²) in [4.78, 5) is 269. The van der Waals surface area contributed by atoms with E-state index < -0.39 is 222 Å². The highest BCUT2D eigenvalue weighted by Crippen LogP contribution is 2.28. The molecule has 9 rings (SSSR count). The molecule has 6 aromatic rings. The Hall–Kier alpha value is -13.7. The van der Waals surface area contributed by atoms with Gasteiger partial charge in [0.1, 0.15) is 90.3 Å². The number of unbranched alkanes of at least 4 members (excludes halogenated alkanes) is 1. The summed E-state index contributed by atoms with van der Waals surface area (Å²) >= 11 is 0.759. The largest absolute Gasteiger partial charge is 0.508 e. The topological polar surface area (TPSA) is 630 Å². The van der Waals surface area contributed by atoms with Crippen LogP contribution in [-0.2, 0) is 112 Å². The van der Waals surface area contributed by atoms with Crippen molar-refractivity contribution >= 4 is 140 Å². The van der Waals surface area contributed by atoms with Crippen LogP contribution in [0.5, 0.6) is 5.75 Å². The van der Waals surface area contributed by atoms with E-state index in [0.717, 1.165) is 31.4 Å². The first-order valence-corrected chi connectivity index (χ1v) is 46.1. The molecular formula is C90H126N24O19S. The van der Waals surface area contributed by atoms with E-state index in [1.165, 1.54) is 76.7 Å². The number of carbonyl (C=O) groups is 17. The SMILES string of the molecule is CCCC[C@H]1C(=O)N(C)[C@@H](COCC)C(=O)N[C@@H](CCCNC(=N)N)C(=O)NC(C(=O)NCC(N)=O)CSCC(=O)N[C@@H](Cc2ccc(O)cc2)C(=O)N(C)[C@@H](C)C(=O)N[C@@H](CC(N)=O)C(=O)N2CCC[C@H]2C(=O)N[C@@H](Cc2cnc[nH]2)C(=O)N[C@@H](CC(C)C)C(=O)N2CCC[C@H]2C(=O)N[C@@H](Cc2c[nH]c3ccccc23)C(=O)N[C@@H](C)C(=O)N[C@@H](Cc2c[nH]c3ccccc23)C(=O)N1C. The van der Waals surface area contributed by atoms with E-state index in [4.69, 9.17) is 27.3 Å². The molecule has 0 aliphatic carbocycles. The van der Waals surface area contributed by atoms with E-state index in [9.17, 15) is 48.3 Å². The van der Waals surface area contributed by atoms with Gasteiger partial charge in [-0.3, -0.25) is 86.9 Å². The third-order valence-corrected chi connectivity index (χ3v) is 24.9. The fourth-order valence-electron chi connectivity index (χ4n) is 16.4. The van der Waals surface area contributed by atoms with Gasteiger partial charge in [-0.25, -0.2) is 4.98 Å². The highest BCUT2D eigenvalue weighted by molar-refractivity contribution is 8.00. The van der Waals surface area contributed by atoms with Crippen LogP contribution in [-0.4, -0.2) is 313 Å². The Morgan fingerprint density at radius 2 is 1.09 bits per heavy atom. The van der Waals surface area contributed by atoms with Crippen molar-refractivity contribution in [2.45, 2.75) is 222 Å². The Balaban J connectivity index is 1.09. The quantitative estimate of drug-likeness (QED) is 0.0167. The second kappa shape index (κ2) is 49.7. The van der Waals surface area contributed by atoms with Gasteiger partial charge in [0.15, 0.2) is 5.96 Å². The maximum atomic E-state index is 15.7. The Labute approximate surface area is 779 Å². The molecule has 43 nitrogen and oxygen atoms in total. The van der Waals surface area contributed by atoms with Crippen molar-refractivity contribution in [2.75, 3.05) is 72.0 Å². The highest BCUT2D eigenvalue weighted by Gasteiger charge is 2.46. The van der Waals surface area contributed by atoms with Gasteiger partial charge in [0, 0.05) is 125 Å². The summed E-state index contributed by atoms with van der Waals surface area (Å²) in [6.07, 6.45) is 5.66. The number of phenolic OH excluding ortho intramolecular Hbond substituents is 1. The van der Waals surface area contributed by atoms with Gasteiger partial charge >= 0.3 is 0 Å². The normalized spacial score (nSPS) is 24.3. The number of hydrogen-bond acceptors (Lipinski definition) is 22. The molecule has 1 unspecified atom stereocenters. The first-order valence-electron chi connectivity index (χ1n) is 44.9. The first kappa shape index (κ1) is 104. The lowest BCUT2D eigenvalue weighted by Crippen LogP contribution is -2.61. The number of nitrogens with one attached hydrogen (secondary N) is 15. The van der Waals surface area contributed by atoms with Crippen molar-refractivity contribution in [2.24, 2.45) is 23.1 Å². The highest BCUT2D eigenvalue weighted by atomic mass is 32.2. The molecule has 726 valence electrons. The number of thioether (sulfide) groups is 1. The van der Waals surface area contributed by atoms with Gasteiger partial charge < -0.3 is 125 Å². The standard InChI is InChI=1S/C90H126N24O19S/c1-10-12-25-71-89(132)112(9)72(45-133-11-2)84(127)103-61(24-17-32-96-90(93)94)79(122)109-68(78(121)99-44-74(92)117)46-134-47-75(118)102-65(36-52-28-30-56(115)31-29-52)85(128)110(7)51(6)77(120)107-67(40-73(91)116)88(131)114-34-19-27-70(114)83(126)105-63(39-55-43-95-48-100-55)81(124)108-64(35-49(3)4)87(130)113-33-18-26-69(113)82(125)104-62(37-53-41-97-59-22-15-13-20-57(53)59)80(123)101-50(5)76(119)106-66(86(129)111(71)8)38-54-42-98-60-23-16-14-21-58(54)60/h13-16,20-23,28-31,41-43,48-51,61-72,97-98,115H,10-12,17-19,24-27,32-40,44-47H2,1-9H3,(H2,91,116)(H2,92,117)(H,95,100)(H,99,121)(H,101,123)(H,102,118)(H,103,127)(H,104,125)(H,105,126)(H,106,119)(H,107,120)(H,108,124)(H,109,122)(H4,93,94,96)/t50-,51-,61-,62-,63-,64-,65-,66-,67-,68?,69-,70-,71-,72-/m0/s1. The molecule has 0 saturated carbocycles. The number of hydrogen-bond donors (Lipinski definition) is 19. The average molecular weight is 1880 g/mol. The number of para-hydroxylation sites is 2. The Morgan fingerprint density at radius 1 is 0.552 bits per heavy atom. The number of H-pyrrole nitrogens is 3. The average Bonchev–Trinajstić information content (AvgIpc) is 1.76. The zero-order chi connectivity index (χ0) is 97.7. The number of amides is 17. The molecular weight excluding hydrogens is 1750 g/mol. The fraction of sp³-hybridized carbons (Fsp3) is 0.522. The van der Waals surface area contributed by atoms with Crippen LogP contribution in [0.4, 0.5) is 0 Å². The summed E-state index contributed by atoms with van der Waals surface area (Å²) in [6, 6.07) is -0.802. The van der Waals surface area contributed by atoms with Crippen molar-refractivity contribution < 1.29 is 91.4 Å².